The van der Waals surface area contributed by atoms with Crippen LogP contribution >= 0.6 is 11.8 Å². The number of aromatic nitrogens is 3. The zero-order valence-corrected chi connectivity index (χ0v) is 20.3. The number of para-hydroxylation sites is 1. The Morgan fingerprint density at radius 2 is 1.83 bits per heavy atom. The summed E-state index contributed by atoms with van der Waals surface area (Å²) in [4.78, 5) is 12.6. The summed E-state index contributed by atoms with van der Waals surface area (Å²) in [5, 5.41) is 12.0. The number of nitrogens with one attached hydrogen (secondary N) is 1. The molecule has 0 aliphatic carbocycles. The van der Waals surface area contributed by atoms with Crippen LogP contribution in [0.2, 0.25) is 0 Å². The van der Waals surface area contributed by atoms with E-state index in [0.29, 0.717) is 16.7 Å². The summed E-state index contributed by atoms with van der Waals surface area (Å²) < 4.78 is 34.7. The van der Waals surface area contributed by atoms with E-state index in [1.807, 2.05) is 60.0 Å². The molecule has 6 nitrogen and oxygen atoms in total. The number of benzene rings is 3. The van der Waals surface area contributed by atoms with E-state index in [9.17, 15) is 13.6 Å². The molecular formula is C26H24F2N4O2S. The third kappa shape index (κ3) is 5.51. The van der Waals surface area contributed by atoms with E-state index in [1.54, 1.807) is 14.0 Å². The van der Waals surface area contributed by atoms with E-state index < -0.39 is 17.7 Å². The topological polar surface area (TPSA) is 69.0 Å². The molecule has 9 heteroatoms. The van der Waals surface area contributed by atoms with Crippen LogP contribution in [0.25, 0.3) is 17.1 Å². The summed E-state index contributed by atoms with van der Waals surface area (Å²) in [6, 6.07) is 18.1. The van der Waals surface area contributed by atoms with Gasteiger partial charge in [-0.3, -0.25) is 9.36 Å². The predicted molar refractivity (Wildman–Crippen MR) is 132 cm³/mol. The highest BCUT2D eigenvalue weighted by Crippen LogP contribution is 2.33. The van der Waals surface area contributed by atoms with E-state index >= 15 is 0 Å². The molecule has 1 unspecified atom stereocenters. The van der Waals surface area contributed by atoms with Gasteiger partial charge in [0.15, 0.2) is 11.0 Å². The zero-order valence-electron chi connectivity index (χ0n) is 19.5. The lowest BCUT2D eigenvalue weighted by Crippen LogP contribution is -2.28. The first-order valence-corrected chi connectivity index (χ1v) is 11.9. The highest BCUT2D eigenvalue weighted by molar-refractivity contribution is 7.99. The number of amides is 1. The number of aryl methyl sites for hydroxylation is 1. The van der Waals surface area contributed by atoms with Crippen LogP contribution in [0.1, 0.15) is 24.1 Å². The van der Waals surface area contributed by atoms with Crippen molar-refractivity contribution in [3.8, 4) is 22.8 Å². The Balaban J connectivity index is 1.58. The van der Waals surface area contributed by atoms with Crippen molar-refractivity contribution in [2.24, 2.45) is 0 Å². The van der Waals surface area contributed by atoms with Gasteiger partial charge in [-0.05, 0) is 44.2 Å². The van der Waals surface area contributed by atoms with Gasteiger partial charge in [0.25, 0.3) is 0 Å². The van der Waals surface area contributed by atoms with Crippen molar-refractivity contribution in [2.45, 2.75) is 25.0 Å². The fraction of sp³-hybridized carbons (Fsp3) is 0.192. The van der Waals surface area contributed by atoms with Gasteiger partial charge >= 0.3 is 0 Å². The third-order valence-corrected chi connectivity index (χ3v) is 6.34. The monoisotopic (exact) mass is 494 g/mol. The number of hydrogen-bond acceptors (Lipinski definition) is 5. The number of rotatable bonds is 8. The van der Waals surface area contributed by atoms with Crippen LogP contribution in [0.5, 0.6) is 5.75 Å². The number of carbonyl (C=O) groups excluding carboxylic acids is 1. The second-order valence-corrected chi connectivity index (χ2v) is 8.86. The first-order chi connectivity index (χ1) is 16.9. The van der Waals surface area contributed by atoms with Crippen molar-refractivity contribution in [1.82, 2.24) is 20.1 Å². The van der Waals surface area contributed by atoms with Crippen molar-refractivity contribution in [2.75, 3.05) is 12.9 Å². The van der Waals surface area contributed by atoms with E-state index in [-0.39, 0.29) is 17.2 Å². The van der Waals surface area contributed by atoms with Crippen molar-refractivity contribution in [1.29, 1.82) is 0 Å². The molecule has 0 radical (unpaired) electrons. The van der Waals surface area contributed by atoms with Crippen LogP contribution in [-0.2, 0) is 4.79 Å². The van der Waals surface area contributed by atoms with Crippen molar-refractivity contribution >= 4 is 17.7 Å². The van der Waals surface area contributed by atoms with Gasteiger partial charge in [0.2, 0.25) is 5.91 Å². The average molecular weight is 495 g/mol. The van der Waals surface area contributed by atoms with Crippen LogP contribution in [-0.4, -0.2) is 33.5 Å². The molecule has 0 saturated carbocycles. The lowest BCUT2D eigenvalue weighted by atomic mass is 10.1. The highest BCUT2D eigenvalue weighted by Gasteiger charge is 2.21. The molecule has 4 aromatic rings. The Morgan fingerprint density at radius 1 is 1.09 bits per heavy atom. The minimum absolute atomic E-state index is 0.0308. The maximum Gasteiger partial charge on any atom is 0.230 e. The van der Waals surface area contributed by atoms with E-state index in [0.717, 1.165) is 22.9 Å². The van der Waals surface area contributed by atoms with Crippen molar-refractivity contribution in [3.63, 3.8) is 0 Å². The Bertz CT molecular complexity index is 1340. The Morgan fingerprint density at radius 3 is 2.54 bits per heavy atom. The maximum absolute atomic E-state index is 14.1. The summed E-state index contributed by atoms with van der Waals surface area (Å²) in [6.45, 7) is 3.65. The van der Waals surface area contributed by atoms with Crippen LogP contribution in [0.15, 0.2) is 71.9 Å². The molecule has 0 saturated heterocycles. The van der Waals surface area contributed by atoms with Gasteiger partial charge in [0.05, 0.1) is 24.5 Å². The molecule has 180 valence electrons. The maximum atomic E-state index is 14.1. The minimum Gasteiger partial charge on any atom is -0.496 e. The van der Waals surface area contributed by atoms with Gasteiger partial charge in [-0.15, -0.1) is 10.2 Å². The fourth-order valence-electron chi connectivity index (χ4n) is 3.64. The molecule has 1 N–H and O–H groups in total. The number of methoxy groups -OCH3 is 1. The fourth-order valence-corrected chi connectivity index (χ4v) is 4.40. The second-order valence-electron chi connectivity index (χ2n) is 7.92. The Hall–Kier alpha value is -3.72. The standard InChI is InChI=1S/C26H24F2N4O2S/c1-16-8-11-19(12-9-16)32-25(21-6-4-5-7-23(21)34-3)30-31-26(32)35-15-24(33)29-17(2)20-13-10-18(27)14-22(20)28/h4-14,17H,15H2,1-3H3,(H,29,33). The first kappa shape index (κ1) is 24.4. The van der Waals surface area contributed by atoms with E-state index in [1.165, 1.54) is 23.9 Å². The molecule has 0 bridgehead atoms. The van der Waals surface area contributed by atoms with Gasteiger partial charge in [0.1, 0.15) is 17.4 Å². The molecule has 35 heavy (non-hydrogen) atoms. The van der Waals surface area contributed by atoms with E-state index in [4.69, 9.17) is 4.74 Å². The Labute approximate surface area is 206 Å². The van der Waals surface area contributed by atoms with Crippen LogP contribution in [0, 0.1) is 18.6 Å². The zero-order chi connectivity index (χ0) is 24.9. The van der Waals surface area contributed by atoms with Crippen LogP contribution in [0.3, 0.4) is 0 Å². The summed E-state index contributed by atoms with van der Waals surface area (Å²) in [6.07, 6.45) is 0. The predicted octanol–water partition coefficient (Wildman–Crippen LogP) is 5.50. The molecule has 3 aromatic carbocycles. The molecule has 0 spiro atoms. The first-order valence-electron chi connectivity index (χ1n) is 10.9. The normalized spacial score (nSPS) is 11.8. The number of hydrogen-bond donors (Lipinski definition) is 1. The number of halogens is 2. The summed E-state index contributed by atoms with van der Waals surface area (Å²) in [7, 11) is 1.59. The number of carbonyl (C=O) groups is 1. The largest absolute Gasteiger partial charge is 0.496 e. The molecule has 0 fully saturated rings. The second kappa shape index (κ2) is 10.7. The average Bonchev–Trinajstić information content (AvgIpc) is 3.26. The van der Waals surface area contributed by atoms with Crippen molar-refractivity contribution < 1.29 is 18.3 Å². The van der Waals surface area contributed by atoms with Crippen LogP contribution < -0.4 is 10.1 Å². The highest BCUT2D eigenvalue weighted by atomic mass is 32.2. The molecular weight excluding hydrogens is 470 g/mol. The van der Waals surface area contributed by atoms with Gasteiger partial charge in [-0.1, -0.05) is 47.7 Å². The van der Waals surface area contributed by atoms with Crippen molar-refractivity contribution in [3.05, 3.63) is 89.5 Å². The number of ether oxygens (including phenoxy) is 1. The SMILES string of the molecule is COc1ccccc1-c1nnc(SCC(=O)NC(C)c2ccc(F)cc2F)n1-c1ccc(C)cc1. The van der Waals surface area contributed by atoms with Gasteiger partial charge in [-0.2, -0.15) is 0 Å². The Kier molecular flexibility index (Phi) is 7.45. The van der Waals surface area contributed by atoms with E-state index in [2.05, 4.69) is 15.5 Å². The van der Waals surface area contributed by atoms with Gasteiger partial charge in [0, 0.05) is 17.3 Å². The lowest BCUT2D eigenvalue weighted by Gasteiger charge is -2.15. The summed E-state index contributed by atoms with van der Waals surface area (Å²) in [5.41, 5.74) is 2.92. The number of nitrogens with zero attached hydrogens (tertiary/aromatic N) is 3. The molecule has 4 rings (SSSR count). The molecule has 0 aliphatic heterocycles. The molecule has 1 amide bonds. The lowest BCUT2D eigenvalue weighted by molar-refractivity contribution is -0.119. The third-order valence-electron chi connectivity index (χ3n) is 5.41. The number of thioether (sulfide) groups is 1. The van der Waals surface area contributed by atoms with Gasteiger partial charge in [-0.25, -0.2) is 8.78 Å². The molecule has 0 aliphatic rings. The molecule has 1 heterocycles. The molecule has 1 atom stereocenters. The summed E-state index contributed by atoms with van der Waals surface area (Å²) >= 11 is 1.21. The minimum atomic E-state index is -0.703. The van der Waals surface area contributed by atoms with Gasteiger partial charge < -0.3 is 10.1 Å². The smallest absolute Gasteiger partial charge is 0.230 e. The quantitative estimate of drug-likeness (QED) is 0.328. The van der Waals surface area contributed by atoms with Crippen LogP contribution in [0.4, 0.5) is 8.78 Å². The summed E-state index contributed by atoms with van der Waals surface area (Å²) in [5.74, 6) is -0.423. The molecule has 1 aromatic heterocycles.